The van der Waals surface area contributed by atoms with Gasteiger partial charge in [0.15, 0.2) is 6.10 Å². The highest BCUT2D eigenvalue weighted by molar-refractivity contribution is 5.87. The number of amides is 1. The molecule has 0 radical (unpaired) electrons. The zero-order valence-electron chi connectivity index (χ0n) is 13.5. The summed E-state index contributed by atoms with van der Waals surface area (Å²) in [6, 6.07) is 17.2. The summed E-state index contributed by atoms with van der Waals surface area (Å²) in [5, 5.41) is 12.0. The number of carboxylic acid groups (broad SMARTS) is 1. The molecule has 0 heterocycles. The molecular formula is C19H21NO4. The number of carbonyl (C=O) groups is 2. The molecule has 0 aliphatic heterocycles. The van der Waals surface area contributed by atoms with Crippen LogP contribution in [0.2, 0.25) is 0 Å². The van der Waals surface area contributed by atoms with Crippen molar-refractivity contribution in [3.8, 4) is 0 Å². The lowest BCUT2D eigenvalue weighted by Gasteiger charge is -2.20. The number of hydrogen-bond acceptors (Lipinski definition) is 3. The average molecular weight is 327 g/mol. The third kappa shape index (κ3) is 4.93. The Morgan fingerprint density at radius 2 is 1.62 bits per heavy atom. The molecule has 0 aliphatic carbocycles. The summed E-state index contributed by atoms with van der Waals surface area (Å²) in [5.41, 5.74) is 1.54. The Morgan fingerprint density at radius 1 is 1.04 bits per heavy atom. The standard InChI is InChI=1S/C19H21NO4/c1-2-24-17(15-11-7-4-8-12-15)18(21)20-16(19(22)23)13-14-9-5-3-6-10-14/h3-12,16-17H,2,13H2,1H3,(H,20,21)(H,22,23). The Bertz CT molecular complexity index is 658. The first-order chi connectivity index (χ1) is 11.6. The normalized spacial score (nSPS) is 13.0. The van der Waals surface area contributed by atoms with Crippen LogP contribution >= 0.6 is 0 Å². The molecule has 126 valence electrons. The number of carbonyl (C=O) groups excluding carboxylic acids is 1. The highest BCUT2D eigenvalue weighted by Gasteiger charge is 2.26. The van der Waals surface area contributed by atoms with Crippen LogP contribution in [0, 0.1) is 0 Å². The van der Waals surface area contributed by atoms with E-state index in [4.69, 9.17) is 4.74 Å². The van der Waals surface area contributed by atoms with Crippen molar-refractivity contribution in [2.24, 2.45) is 0 Å². The van der Waals surface area contributed by atoms with Gasteiger partial charge in [-0.15, -0.1) is 0 Å². The Hall–Kier alpha value is -2.66. The number of nitrogens with one attached hydrogen (secondary N) is 1. The van der Waals surface area contributed by atoms with Crippen LogP contribution in [-0.4, -0.2) is 29.6 Å². The maximum absolute atomic E-state index is 12.5. The van der Waals surface area contributed by atoms with Crippen LogP contribution in [0.4, 0.5) is 0 Å². The van der Waals surface area contributed by atoms with Gasteiger partial charge >= 0.3 is 5.97 Å². The molecule has 2 N–H and O–H groups in total. The van der Waals surface area contributed by atoms with E-state index in [1.807, 2.05) is 48.5 Å². The average Bonchev–Trinajstić information content (AvgIpc) is 2.60. The second-order valence-electron chi connectivity index (χ2n) is 5.34. The van der Waals surface area contributed by atoms with Gasteiger partial charge in [-0.25, -0.2) is 4.79 Å². The summed E-state index contributed by atoms with van der Waals surface area (Å²) in [7, 11) is 0. The van der Waals surface area contributed by atoms with Crippen molar-refractivity contribution in [3.05, 3.63) is 71.8 Å². The predicted octanol–water partition coefficient (Wildman–Crippen LogP) is 2.58. The molecule has 1 amide bonds. The highest BCUT2D eigenvalue weighted by atomic mass is 16.5. The van der Waals surface area contributed by atoms with Gasteiger partial charge in [-0.05, 0) is 18.1 Å². The topological polar surface area (TPSA) is 75.6 Å². The summed E-state index contributed by atoms with van der Waals surface area (Å²) < 4.78 is 5.52. The lowest BCUT2D eigenvalue weighted by molar-refractivity contribution is -0.144. The molecule has 0 aliphatic rings. The zero-order chi connectivity index (χ0) is 17.4. The third-order valence-electron chi connectivity index (χ3n) is 3.57. The molecule has 24 heavy (non-hydrogen) atoms. The Balaban J connectivity index is 2.12. The van der Waals surface area contributed by atoms with E-state index in [1.165, 1.54) is 0 Å². The molecule has 2 atom stereocenters. The van der Waals surface area contributed by atoms with E-state index in [9.17, 15) is 14.7 Å². The largest absolute Gasteiger partial charge is 0.480 e. The summed E-state index contributed by atoms with van der Waals surface area (Å²) in [5.74, 6) is -1.53. The van der Waals surface area contributed by atoms with Crippen molar-refractivity contribution in [2.75, 3.05) is 6.61 Å². The van der Waals surface area contributed by atoms with E-state index in [2.05, 4.69) is 5.32 Å². The first-order valence-corrected chi connectivity index (χ1v) is 7.85. The number of aliphatic carboxylic acids is 1. The van der Waals surface area contributed by atoms with E-state index in [0.29, 0.717) is 12.2 Å². The second kappa shape index (κ2) is 8.84. The predicted molar refractivity (Wildman–Crippen MR) is 90.5 cm³/mol. The molecule has 0 bridgehead atoms. The minimum Gasteiger partial charge on any atom is -0.480 e. The van der Waals surface area contributed by atoms with Crippen molar-refractivity contribution >= 4 is 11.9 Å². The minimum absolute atomic E-state index is 0.218. The van der Waals surface area contributed by atoms with Crippen LogP contribution < -0.4 is 5.32 Å². The molecule has 5 heteroatoms. The van der Waals surface area contributed by atoms with Gasteiger partial charge in [-0.3, -0.25) is 4.79 Å². The first-order valence-electron chi connectivity index (χ1n) is 7.85. The molecular weight excluding hydrogens is 306 g/mol. The SMILES string of the molecule is CCOC(C(=O)NC(Cc1ccccc1)C(=O)O)c1ccccc1. The van der Waals surface area contributed by atoms with E-state index in [1.54, 1.807) is 19.1 Å². The molecule has 0 saturated heterocycles. The van der Waals surface area contributed by atoms with Crippen LogP contribution in [0.5, 0.6) is 0 Å². The summed E-state index contributed by atoms with van der Waals surface area (Å²) in [6.07, 6.45) is -0.607. The van der Waals surface area contributed by atoms with E-state index in [0.717, 1.165) is 5.56 Å². The summed E-state index contributed by atoms with van der Waals surface area (Å²) in [4.78, 5) is 24.0. The lowest BCUT2D eigenvalue weighted by Crippen LogP contribution is -2.44. The van der Waals surface area contributed by atoms with Crippen molar-refractivity contribution in [1.29, 1.82) is 0 Å². The quantitative estimate of drug-likeness (QED) is 0.781. The summed E-state index contributed by atoms with van der Waals surface area (Å²) >= 11 is 0. The van der Waals surface area contributed by atoms with Crippen molar-refractivity contribution < 1.29 is 19.4 Å². The molecule has 0 fully saturated rings. The smallest absolute Gasteiger partial charge is 0.326 e. The Morgan fingerprint density at radius 3 is 2.17 bits per heavy atom. The van der Waals surface area contributed by atoms with Gasteiger partial charge in [0, 0.05) is 13.0 Å². The molecule has 2 unspecified atom stereocenters. The van der Waals surface area contributed by atoms with Gasteiger partial charge in [0.25, 0.3) is 5.91 Å². The fourth-order valence-corrected chi connectivity index (χ4v) is 2.42. The second-order valence-corrected chi connectivity index (χ2v) is 5.34. The van der Waals surface area contributed by atoms with Crippen molar-refractivity contribution in [3.63, 3.8) is 0 Å². The molecule has 0 saturated carbocycles. The minimum atomic E-state index is -1.07. The Labute approximate surface area is 141 Å². The fourth-order valence-electron chi connectivity index (χ4n) is 2.42. The zero-order valence-corrected chi connectivity index (χ0v) is 13.5. The van der Waals surface area contributed by atoms with Crippen LogP contribution in [0.15, 0.2) is 60.7 Å². The molecule has 2 rings (SSSR count). The van der Waals surface area contributed by atoms with Gasteiger partial charge in [-0.1, -0.05) is 60.7 Å². The molecule has 2 aromatic carbocycles. The van der Waals surface area contributed by atoms with E-state index < -0.39 is 24.0 Å². The van der Waals surface area contributed by atoms with Crippen LogP contribution in [0.1, 0.15) is 24.2 Å². The Kier molecular flexibility index (Phi) is 6.51. The van der Waals surface area contributed by atoms with Crippen molar-refractivity contribution in [2.45, 2.75) is 25.5 Å². The number of carboxylic acids is 1. The van der Waals surface area contributed by atoms with Gasteiger partial charge in [0.2, 0.25) is 0 Å². The molecule has 0 aromatic heterocycles. The van der Waals surface area contributed by atoms with E-state index >= 15 is 0 Å². The lowest BCUT2D eigenvalue weighted by atomic mass is 10.0. The van der Waals surface area contributed by atoms with Gasteiger partial charge < -0.3 is 15.2 Å². The van der Waals surface area contributed by atoms with Gasteiger partial charge in [0.1, 0.15) is 6.04 Å². The number of rotatable bonds is 8. The van der Waals surface area contributed by atoms with Crippen LogP contribution in [0.25, 0.3) is 0 Å². The molecule has 0 spiro atoms. The van der Waals surface area contributed by atoms with Gasteiger partial charge in [0.05, 0.1) is 0 Å². The third-order valence-corrected chi connectivity index (χ3v) is 3.57. The number of ether oxygens (including phenoxy) is 1. The number of hydrogen-bond donors (Lipinski definition) is 2. The van der Waals surface area contributed by atoms with Crippen LogP contribution in [0.3, 0.4) is 0 Å². The monoisotopic (exact) mass is 327 g/mol. The maximum Gasteiger partial charge on any atom is 0.326 e. The summed E-state index contributed by atoms with van der Waals surface area (Å²) in [6.45, 7) is 2.14. The van der Waals surface area contributed by atoms with Gasteiger partial charge in [-0.2, -0.15) is 0 Å². The maximum atomic E-state index is 12.5. The molecule has 5 nitrogen and oxygen atoms in total. The molecule has 2 aromatic rings. The van der Waals surface area contributed by atoms with Crippen molar-refractivity contribution in [1.82, 2.24) is 5.32 Å². The highest BCUT2D eigenvalue weighted by Crippen LogP contribution is 2.18. The first kappa shape index (κ1) is 17.7. The van der Waals surface area contributed by atoms with E-state index in [-0.39, 0.29) is 6.42 Å². The number of benzene rings is 2. The fraction of sp³-hybridized carbons (Fsp3) is 0.263. The van der Waals surface area contributed by atoms with Crippen LogP contribution in [-0.2, 0) is 20.7 Å².